The highest BCUT2D eigenvalue weighted by atomic mass is 79.9. The molecule has 0 amide bonds. The maximum atomic E-state index is 5.81. The van der Waals surface area contributed by atoms with Gasteiger partial charge in [-0.15, -0.1) is 11.3 Å². The number of nitrogens with two attached hydrogens (primary N) is 1. The van der Waals surface area contributed by atoms with Crippen LogP contribution in [0.4, 0.5) is 0 Å². The van der Waals surface area contributed by atoms with Gasteiger partial charge in [0.25, 0.3) is 5.89 Å². The molecule has 0 fully saturated rings. The van der Waals surface area contributed by atoms with Gasteiger partial charge in [0, 0.05) is 7.11 Å². The first-order chi connectivity index (χ1) is 8.11. The Balaban J connectivity index is 2.26. The van der Waals surface area contributed by atoms with Crippen LogP contribution >= 0.6 is 43.2 Å². The average Bonchev–Trinajstić information content (AvgIpc) is 2.85. The van der Waals surface area contributed by atoms with Crippen molar-refractivity contribution in [2.45, 2.75) is 6.04 Å². The highest BCUT2D eigenvalue weighted by Gasteiger charge is 2.18. The van der Waals surface area contributed by atoms with Crippen molar-refractivity contribution in [3.8, 4) is 11.5 Å². The number of thiophene rings is 1. The third kappa shape index (κ3) is 2.94. The summed E-state index contributed by atoms with van der Waals surface area (Å²) >= 11 is 8.37. The van der Waals surface area contributed by atoms with Crippen molar-refractivity contribution in [3.63, 3.8) is 0 Å². The molecule has 0 spiro atoms. The molecule has 5 nitrogen and oxygen atoms in total. The quantitative estimate of drug-likeness (QED) is 0.879. The third-order valence-electron chi connectivity index (χ3n) is 2.01. The van der Waals surface area contributed by atoms with Crippen molar-refractivity contribution in [1.82, 2.24) is 10.1 Å². The van der Waals surface area contributed by atoms with Crippen LogP contribution in [0.25, 0.3) is 11.5 Å². The monoisotopic (exact) mass is 381 g/mol. The number of hydrogen-bond donors (Lipinski definition) is 1. The van der Waals surface area contributed by atoms with Gasteiger partial charge in [0.1, 0.15) is 0 Å². The summed E-state index contributed by atoms with van der Waals surface area (Å²) in [5.41, 5.74) is 6.66. The number of rotatable bonds is 4. The predicted molar refractivity (Wildman–Crippen MR) is 71.8 cm³/mol. The molecule has 0 aliphatic rings. The van der Waals surface area contributed by atoms with Crippen LogP contribution in [-0.2, 0) is 4.74 Å². The fourth-order valence-electron chi connectivity index (χ4n) is 1.24. The van der Waals surface area contributed by atoms with Gasteiger partial charge in [-0.3, -0.25) is 0 Å². The molecule has 1 unspecified atom stereocenters. The number of halogens is 2. The zero-order chi connectivity index (χ0) is 12.4. The first kappa shape index (κ1) is 13.2. The van der Waals surface area contributed by atoms with Gasteiger partial charge < -0.3 is 15.0 Å². The second-order valence-electron chi connectivity index (χ2n) is 3.26. The average molecular weight is 383 g/mol. The van der Waals surface area contributed by atoms with Gasteiger partial charge in [-0.25, -0.2) is 0 Å². The standard InChI is InChI=1S/C9H9Br2N3O2S/c1-15-3-5(12)8-13-9(16-14-8)4-2-6(10)17-7(4)11/h2,5H,3,12H2,1H3. The fourth-order valence-corrected chi connectivity index (χ4v) is 4.01. The molecule has 0 aliphatic heterocycles. The molecular formula is C9H9Br2N3O2S. The minimum absolute atomic E-state index is 0.355. The molecule has 2 aromatic rings. The largest absolute Gasteiger partial charge is 0.383 e. The molecule has 0 aliphatic carbocycles. The minimum atomic E-state index is -0.377. The van der Waals surface area contributed by atoms with Crippen LogP contribution in [0.3, 0.4) is 0 Å². The first-order valence-corrected chi connectivity index (χ1v) is 7.05. The summed E-state index contributed by atoms with van der Waals surface area (Å²) in [5.74, 6) is 0.886. The lowest BCUT2D eigenvalue weighted by atomic mass is 10.3. The first-order valence-electron chi connectivity index (χ1n) is 4.65. The smallest absolute Gasteiger partial charge is 0.260 e. The molecule has 2 rings (SSSR count). The summed E-state index contributed by atoms with van der Waals surface area (Å²) in [6.45, 7) is 0.355. The molecule has 2 heterocycles. The van der Waals surface area contributed by atoms with Crippen LogP contribution in [0.15, 0.2) is 18.2 Å². The lowest BCUT2D eigenvalue weighted by Crippen LogP contribution is -2.17. The van der Waals surface area contributed by atoms with E-state index in [0.29, 0.717) is 18.3 Å². The van der Waals surface area contributed by atoms with Crippen molar-refractivity contribution in [1.29, 1.82) is 0 Å². The summed E-state index contributed by atoms with van der Waals surface area (Å²) in [6.07, 6.45) is 0. The summed E-state index contributed by atoms with van der Waals surface area (Å²) in [6, 6.07) is 1.53. The van der Waals surface area contributed by atoms with Crippen LogP contribution in [-0.4, -0.2) is 23.9 Å². The predicted octanol–water partition coefficient (Wildman–Crippen LogP) is 2.97. The summed E-state index contributed by atoms with van der Waals surface area (Å²) in [5, 5.41) is 3.84. The minimum Gasteiger partial charge on any atom is -0.383 e. The van der Waals surface area contributed by atoms with E-state index < -0.39 is 0 Å². The van der Waals surface area contributed by atoms with Gasteiger partial charge in [-0.05, 0) is 37.9 Å². The van der Waals surface area contributed by atoms with E-state index in [9.17, 15) is 0 Å². The van der Waals surface area contributed by atoms with Crippen molar-refractivity contribution in [3.05, 3.63) is 19.5 Å². The maximum Gasteiger partial charge on any atom is 0.260 e. The van der Waals surface area contributed by atoms with E-state index in [1.54, 1.807) is 18.4 Å². The Morgan fingerprint density at radius 3 is 2.94 bits per heavy atom. The van der Waals surface area contributed by atoms with Crippen LogP contribution < -0.4 is 5.73 Å². The van der Waals surface area contributed by atoms with E-state index >= 15 is 0 Å². The van der Waals surface area contributed by atoms with E-state index in [1.807, 2.05) is 6.07 Å². The zero-order valence-electron chi connectivity index (χ0n) is 8.81. The molecule has 0 saturated carbocycles. The lowest BCUT2D eigenvalue weighted by Gasteiger charge is -2.02. The van der Waals surface area contributed by atoms with E-state index in [0.717, 1.165) is 13.1 Å². The van der Waals surface area contributed by atoms with Gasteiger partial charge in [0.15, 0.2) is 5.82 Å². The number of ether oxygens (including phenoxy) is 1. The van der Waals surface area contributed by atoms with Crippen molar-refractivity contribution in [2.75, 3.05) is 13.7 Å². The molecule has 2 N–H and O–H groups in total. The molecular weight excluding hydrogens is 374 g/mol. The molecule has 0 bridgehead atoms. The Morgan fingerprint density at radius 2 is 2.35 bits per heavy atom. The molecule has 0 saturated heterocycles. The zero-order valence-corrected chi connectivity index (χ0v) is 12.8. The van der Waals surface area contributed by atoms with Crippen molar-refractivity contribution < 1.29 is 9.26 Å². The Hall–Kier alpha value is -0.280. The van der Waals surface area contributed by atoms with Crippen molar-refractivity contribution >= 4 is 43.2 Å². The number of nitrogens with zero attached hydrogens (tertiary/aromatic N) is 2. The van der Waals surface area contributed by atoms with Gasteiger partial charge in [0.2, 0.25) is 0 Å². The Labute approximate surface area is 119 Å². The van der Waals surface area contributed by atoms with Crippen LogP contribution in [0.5, 0.6) is 0 Å². The fraction of sp³-hybridized carbons (Fsp3) is 0.333. The van der Waals surface area contributed by atoms with Crippen LogP contribution in [0.2, 0.25) is 0 Å². The SMILES string of the molecule is COCC(N)c1noc(-c2cc(Br)sc2Br)n1. The highest BCUT2D eigenvalue weighted by Crippen LogP contribution is 2.37. The van der Waals surface area contributed by atoms with E-state index in [2.05, 4.69) is 42.0 Å². The number of hydrogen-bond acceptors (Lipinski definition) is 6. The van der Waals surface area contributed by atoms with Crippen LogP contribution in [0, 0.1) is 0 Å². The molecule has 8 heteroatoms. The van der Waals surface area contributed by atoms with Crippen LogP contribution in [0.1, 0.15) is 11.9 Å². The number of methoxy groups -OCH3 is 1. The Bertz CT molecular complexity index is 514. The van der Waals surface area contributed by atoms with Gasteiger partial charge in [0.05, 0.1) is 25.8 Å². The molecule has 1 atom stereocenters. The van der Waals surface area contributed by atoms with Gasteiger partial charge >= 0.3 is 0 Å². The third-order valence-corrected chi connectivity index (χ3v) is 4.35. The molecule has 0 aromatic carbocycles. The van der Waals surface area contributed by atoms with Gasteiger partial charge in [-0.2, -0.15) is 4.98 Å². The second-order valence-corrected chi connectivity index (χ2v) is 7.01. The summed E-state index contributed by atoms with van der Waals surface area (Å²) in [4.78, 5) is 4.25. The highest BCUT2D eigenvalue weighted by molar-refractivity contribution is 9.12. The maximum absolute atomic E-state index is 5.81. The topological polar surface area (TPSA) is 74.2 Å². The second kappa shape index (κ2) is 5.57. The molecule has 2 aromatic heterocycles. The molecule has 17 heavy (non-hydrogen) atoms. The van der Waals surface area contributed by atoms with E-state index in [-0.39, 0.29) is 6.04 Å². The summed E-state index contributed by atoms with van der Waals surface area (Å²) < 4.78 is 12.0. The molecule has 92 valence electrons. The van der Waals surface area contributed by atoms with E-state index in [4.69, 9.17) is 15.0 Å². The Kier molecular flexibility index (Phi) is 4.31. The van der Waals surface area contributed by atoms with E-state index in [1.165, 1.54) is 0 Å². The molecule has 0 radical (unpaired) electrons. The summed E-state index contributed by atoms with van der Waals surface area (Å²) in [7, 11) is 1.58. The number of aromatic nitrogens is 2. The normalized spacial score (nSPS) is 12.9. The lowest BCUT2D eigenvalue weighted by molar-refractivity contribution is 0.177. The van der Waals surface area contributed by atoms with Crippen molar-refractivity contribution in [2.24, 2.45) is 5.73 Å². The van der Waals surface area contributed by atoms with Gasteiger partial charge in [-0.1, -0.05) is 5.16 Å². The Morgan fingerprint density at radius 1 is 1.59 bits per heavy atom.